The average Bonchev–Trinajstić information content (AvgIpc) is 2.25. The van der Waals surface area contributed by atoms with E-state index in [4.69, 9.17) is 6.42 Å². The first-order valence-corrected chi connectivity index (χ1v) is 5.81. The largest absolute Gasteiger partial charge is 0.115 e. The van der Waals surface area contributed by atoms with Crippen molar-refractivity contribution in [1.82, 2.24) is 0 Å². The molecule has 15 heavy (non-hydrogen) atoms. The van der Waals surface area contributed by atoms with Gasteiger partial charge in [-0.25, -0.2) is 0 Å². The van der Waals surface area contributed by atoms with E-state index in [0.717, 1.165) is 18.4 Å². The molecule has 0 saturated heterocycles. The molecule has 0 aliphatic rings. The number of terminal acetylenes is 1. The maximum Gasteiger partial charge on any atom is 0.0248 e. The minimum absolute atomic E-state index is 1.02. The molecule has 1 aromatic rings. The van der Waals surface area contributed by atoms with Gasteiger partial charge < -0.3 is 0 Å². The van der Waals surface area contributed by atoms with Crippen molar-refractivity contribution >= 4 is 0 Å². The first-order chi connectivity index (χ1) is 7.22. The van der Waals surface area contributed by atoms with E-state index >= 15 is 0 Å². The van der Waals surface area contributed by atoms with Crippen molar-refractivity contribution in [2.24, 2.45) is 0 Å². The van der Waals surface area contributed by atoms with Crippen LogP contribution >= 0.6 is 0 Å². The van der Waals surface area contributed by atoms with Crippen LogP contribution in [0.5, 0.6) is 0 Å². The Morgan fingerprint density at radius 2 is 2.00 bits per heavy atom. The minimum atomic E-state index is 1.02. The van der Waals surface area contributed by atoms with E-state index in [0.29, 0.717) is 0 Å². The highest BCUT2D eigenvalue weighted by Crippen LogP contribution is 2.19. The third-order valence-corrected chi connectivity index (χ3v) is 2.89. The molecule has 0 unspecified atom stereocenters. The standard InChI is InChI=1S/C15H20/c1-5-8-9-14-11-13(6-2)10-12(4)15(14)7-3/h2,10-11H,5,7-9H2,1,3-4H3. The van der Waals surface area contributed by atoms with Gasteiger partial charge in [0.2, 0.25) is 0 Å². The van der Waals surface area contributed by atoms with E-state index < -0.39 is 0 Å². The highest BCUT2D eigenvalue weighted by molar-refractivity contribution is 5.44. The van der Waals surface area contributed by atoms with Crippen LogP contribution in [0.1, 0.15) is 48.9 Å². The van der Waals surface area contributed by atoms with Crippen molar-refractivity contribution in [1.29, 1.82) is 0 Å². The molecular formula is C15H20. The summed E-state index contributed by atoms with van der Waals surface area (Å²) >= 11 is 0. The van der Waals surface area contributed by atoms with E-state index in [1.54, 1.807) is 0 Å². The number of rotatable bonds is 4. The zero-order valence-electron chi connectivity index (χ0n) is 10.1. The lowest BCUT2D eigenvalue weighted by Gasteiger charge is -2.11. The third kappa shape index (κ3) is 2.86. The Morgan fingerprint density at radius 3 is 2.53 bits per heavy atom. The van der Waals surface area contributed by atoms with E-state index in [9.17, 15) is 0 Å². The van der Waals surface area contributed by atoms with Crippen LogP contribution in [0.3, 0.4) is 0 Å². The van der Waals surface area contributed by atoms with E-state index in [2.05, 4.69) is 38.8 Å². The predicted molar refractivity (Wildman–Crippen MR) is 67.1 cm³/mol. The van der Waals surface area contributed by atoms with Gasteiger partial charge in [-0.2, -0.15) is 0 Å². The van der Waals surface area contributed by atoms with Gasteiger partial charge in [-0.1, -0.05) is 26.2 Å². The number of unbranched alkanes of at least 4 members (excludes halogenated alkanes) is 1. The van der Waals surface area contributed by atoms with Crippen LogP contribution in [-0.2, 0) is 12.8 Å². The number of hydrogen-bond donors (Lipinski definition) is 0. The summed E-state index contributed by atoms with van der Waals surface area (Å²) in [5.41, 5.74) is 5.31. The minimum Gasteiger partial charge on any atom is -0.115 e. The fourth-order valence-electron chi connectivity index (χ4n) is 2.07. The second-order valence-corrected chi connectivity index (χ2v) is 4.03. The lowest BCUT2D eigenvalue weighted by atomic mass is 9.93. The zero-order valence-corrected chi connectivity index (χ0v) is 10.1. The van der Waals surface area contributed by atoms with Crippen molar-refractivity contribution < 1.29 is 0 Å². The maximum atomic E-state index is 5.46. The number of benzene rings is 1. The summed E-state index contributed by atoms with van der Waals surface area (Å²) in [5.74, 6) is 2.74. The molecule has 1 rings (SSSR count). The predicted octanol–water partition coefficient (Wildman–Crippen LogP) is 3.88. The summed E-state index contributed by atoms with van der Waals surface area (Å²) in [7, 11) is 0. The van der Waals surface area contributed by atoms with E-state index in [1.807, 2.05) is 0 Å². The van der Waals surface area contributed by atoms with Crippen LogP contribution in [-0.4, -0.2) is 0 Å². The van der Waals surface area contributed by atoms with Gasteiger partial charge in [-0.15, -0.1) is 6.42 Å². The van der Waals surface area contributed by atoms with Crippen LogP contribution in [0.4, 0.5) is 0 Å². The van der Waals surface area contributed by atoms with Gasteiger partial charge in [0.05, 0.1) is 0 Å². The summed E-state index contributed by atoms with van der Waals surface area (Å²) in [6.45, 7) is 6.60. The molecule has 80 valence electrons. The lowest BCUT2D eigenvalue weighted by molar-refractivity contribution is 0.785. The highest BCUT2D eigenvalue weighted by atomic mass is 14.1. The van der Waals surface area contributed by atoms with Gasteiger partial charge in [-0.3, -0.25) is 0 Å². The fraction of sp³-hybridized carbons (Fsp3) is 0.467. The first kappa shape index (κ1) is 11.9. The molecule has 0 amide bonds. The summed E-state index contributed by atoms with van der Waals surface area (Å²) in [4.78, 5) is 0. The zero-order chi connectivity index (χ0) is 11.3. The van der Waals surface area contributed by atoms with E-state index in [1.165, 1.54) is 29.5 Å². The van der Waals surface area contributed by atoms with Crippen LogP contribution in [0.15, 0.2) is 12.1 Å². The molecule has 0 aromatic heterocycles. The van der Waals surface area contributed by atoms with Gasteiger partial charge in [0.25, 0.3) is 0 Å². The van der Waals surface area contributed by atoms with Gasteiger partial charge in [0.1, 0.15) is 0 Å². The second kappa shape index (κ2) is 5.61. The van der Waals surface area contributed by atoms with Crippen molar-refractivity contribution in [3.63, 3.8) is 0 Å². The molecule has 0 radical (unpaired) electrons. The topological polar surface area (TPSA) is 0 Å². The van der Waals surface area contributed by atoms with Gasteiger partial charge in [-0.05, 0) is 55.0 Å². The molecule has 0 aliphatic heterocycles. The highest BCUT2D eigenvalue weighted by Gasteiger charge is 2.05. The SMILES string of the molecule is C#Cc1cc(C)c(CC)c(CCCC)c1. The Balaban J connectivity index is 3.09. The summed E-state index contributed by atoms with van der Waals surface area (Å²) < 4.78 is 0. The van der Waals surface area contributed by atoms with Crippen molar-refractivity contribution in [2.75, 3.05) is 0 Å². The van der Waals surface area contributed by atoms with Crippen LogP contribution < -0.4 is 0 Å². The van der Waals surface area contributed by atoms with Gasteiger partial charge in [0, 0.05) is 5.56 Å². The summed E-state index contributed by atoms with van der Waals surface area (Å²) in [6, 6.07) is 4.30. The van der Waals surface area contributed by atoms with Crippen LogP contribution in [0.25, 0.3) is 0 Å². The van der Waals surface area contributed by atoms with Crippen LogP contribution in [0, 0.1) is 19.3 Å². The molecule has 0 bridgehead atoms. The normalized spacial score (nSPS) is 10.0. The maximum absolute atomic E-state index is 5.46. The molecule has 0 aliphatic carbocycles. The Bertz CT molecular complexity index is 366. The summed E-state index contributed by atoms with van der Waals surface area (Å²) in [5, 5.41) is 0. The smallest absolute Gasteiger partial charge is 0.0248 e. The molecular weight excluding hydrogens is 180 g/mol. The molecule has 0 atom stereocenters. The quantitative estimate of drug-likeness (QED) is 0.647. The molecule has 0 heteroatoms. The molecule has 0 heterocycles. The summed E-state index contributed by atoms with van der Waals surface area (Å²) in [6.07, 6.45) is 10.2. The van der Waals surface area contributed by atoms with Crippen molar-refractivity contribution in [3.8, 4) is 12.3 Å². The van der Waals surface area contributed by atoms with Crippen LogP contribution in [0.2, 0.25) is 0 Å². The second-order valence-electron chi connectivity index (χ2n) is 4.03. The molecule has 0 N–H and O–H groups in total. The van der Waals surface area contributed by atoms with Crippen molar-refractivity contribution in [3.05, 3.63) is 34.4 Å². The number of hydrogen-bond acceptors (Lipinski definition) is 0. The molecule has 0 fully saturated rings. The molecule has 0 saturated carbocycles. The number of aryl methyl sites for hydroxylation is 2. The molecule has 0 nitrogen and oxygen atoms in total. The average molecular weight is 200 g/mol. The molecule has 0 spiro atoms. The van der Waals surface area contributed by atoms with Gasteiger partial charge in [0.15, 0.2) is 0 Å². The van der Waals surface area contributed by atoms with Gasteiger partial charge >= 0.3 is 0 Å². The molecule has 1 aromatic carbocycles. The Labute approximate surface area is 93.7 Å². The Kier molecular flexibility index (Phi) is 4.43. The Hall–Kier alpha value is -1.22. The van der Waals surface area contributed by atoms with Crippen molar-refractivity contribution in [2.45, 2.75) is 46.5 Å². The monoisotopic (exact) mass is 200 g/mol. The van der Waals surface area contributed by atoms with E-state index in [-0.39, 0.29) is 0 Å². The first-order valence-electron chi connectivity index (χ1n) is 5.81. The Morgan fingerprint density at radius 1 is 1.27 bits per heavy atom. The fourth-order valence-corrected chi connectivity index (χ4v) is 2.07. The third-order valence-electron chi connectivity index (χ3n) is 2.89. The lowest BCUT2D eigenvalue weighted by Crippen LogP contribution is -1.98.